The second-order valence-electron chi connectivity index (χ2n) is 3.69. The predicted octanol–water partition coefficient (Wildman–Crippen LogP) is 3.79. The van der Waals surface area contributed by atoms with Gasteiger partial charge in [-0.25, -0.2) is 0 Å². The van der Waals surface area contributed by atoms with Crippen LogP contribution in [0.1, 0.15) is 40.0 Å². The third kappa shape index (κ3) is 7.66. The van der Waals surface area contributed by atoms with Crippen molar-refractivity contribution in [1.29, 1.82) is 0 Å². The molecule has 0 aromatic rings. The summed E-state index contributed by atoms with van der Waals surface area (Å²) >= 11 is 0. The van der Waals surface area contributed by atoms with Crippen LogP contribution in [0.15, 0.2) is 36.1 Å². The first kappa shape index (κ1) is 13.0. The van der Waals surface area contributed by atoms with E-state index in [2.05, 4.69) is 19.9 Å². The van der Waals surface area contributed by atoms with Crippen molar-refractivity contribution in [3.8, 4) is 0 Å². The van der Waals surface area contributed by atoms with Crippen molar-refractivity contribution in [3.63, 3.8) is 0 Å². The summed E-state index contributed by atoms with van der Waals surface area (Å²) in [6.07, 6.45) is 13.7. The Labute approximate surface area is 88.4 Å². The monoisotopic (exact) mass is 193 g/mol. The minimum atomic E-state index is 0.812. The molecule has 0 saturated carbocycles. The summed E-state index contributed by atoms with van der Waals surface area (Å²) in [6, 6.07) is 0. The number of hydrogen-bond acceptors (Lipinski definition) is 1. The standard InChI is InChI=1S/C13H23N/c1-4-9-13(14)11-8-6-7-10-12(3)5-2/h4,6,8-9,11-12H,5,7,10,14H2,1-3H3/b8-6+,9-4-,13-11+. The molecule has 0 aromatic carbocycles. The van der Waals surface area contributed by atoms with Gasteiger partial charge in [0.1, 0.15) is 0 Å². The average molecular weight is 193 g/mol. The minimum Gasteiger partial charge on any atom is -0.399 e. The van der Waals surface area contributed by atoms with E-state index < -0.39 is 0 Å². The third-order valence-corrected chi connectivity index (χ3v) is 2.31. The van der Waals surface area contributed by atoms with Gasteiger partial charge in [-0.15, -0.1) is 0 Å². The highest BCUT2D eigenvalue weighted by molar-refractivity contribution is 5.19. The molecule has 14 heavy (non-hydrogen) atoms. The largest absolute Gasteiger partial charge is 0.399 e. The summed E-state index contributed by atoms with van der Waals surface area (Å²) in [4.78, 5) is 0. The molecule has 0 bridgehead atoms. The quantitative estimate of drug-likeness (QED) is 0.638. The Hall–Kier alpha value is -0.980. The van der Waals surface area contributed by atoms with Gasteiger partial charge < -0.3 is 5.73 Å². The average Bonchev–Trinajstić information content (AvgIpc) is 2.17. The van der Waals surface area contributed by atoms with Crippen LogP contribution in [0.4, 0.5) is 0 Å². The van der Waals surface area contributed by atoms with E-state index in [-0.39, 0.29) is 0 Å². The van der Waals surface area contributed by atoms with E-state index in [4.69, 9.17) is 5.73 Å². The van der Waals surface area contributed by atoms with E-state index in [1.165, 1.54) is 12.8 Å². The SMILES string of the molecule is C\C=C/C(N)=C\C=C\CCC(C)CC. The van der Waals surface area contributed by atoms with Gasteiger partial charge in [0, 0.05) is 5.70 Å². The molecule has 80 valence electrons. The minimum absolute atomic E-state index is 0.812. The van der Waals surface area contributed by atoms with Gasteiger partial charge in [-0.3, -0.25) is 0 Å². The molecule has 0 aliphatic heterocycles. The van der Waals surface area contributed by atoms with Gasteiger partial charge in [0.2, 0.25) is 0 Å². The van der Waals surface area contributed by atoms with Crippen LogP contribution in [0.2, 0.25) is 0 Å². The van der Waals surface area contributed by atoms with Crippen LogP contribution in [-0.4, -0.2) is 0 Å². The molecule has 0 aromatic heterocycles. The third-order valence-electron chi connectivity index (χ3n) is 2.31. The summed E-state index contributed by atoms with van der Waals surface area (Å²) in [7, 11) is 0. The van der Waals surface area contributed by atoms with Crippen LogP contribution in [0.3, 0.4) is 0 Å². The van der Waals surface area contributed by atoms with Crippen LogP contribution < -0.4 is 5.73 Å². The first-order valence-electron chi connectivity index (χ1n) is 5.45. The Balaban J connectivity index is 3.68. The molecule has 0 heterocycles. The van der Waals surface area contributed by atoms with Crippen molar-refractivity contribution >= 4 is 0 Å². The van der Waals surface area contributed by atoms with Gasteiger partial charge in [0.05, 0.1) is 0 Å². The summed E-state index contributed by atoms with van der Waals surface area (Å²) in [5, 5.41) is 0. The summed E-state index contributed by atoms with van der Waals surface area (Å²) in [5.74, 6) is 0.830. The summed E-state index contributed by atoms with van der Waals surface area (Å²) in [6.45, 7) is 6.49. The van der Waals surface area contributed by atoms with E-state index >= 15 is 0 Å². The fraction of sp³-hybridized carbons (Fsp3) is 0.538. The molecule has 0 fully saturated rings. The van der Waals surface area contributed by atoms with Crippen LogP contribution in [-0.2, 0) is 0 Å². The van der Waals surface area contributed by atoms with Gasteiger partial charge >= 0.3 is 0 Å². The second-order valence-corrected chi connectivity index (χ2v) is 3.69. The second kappa shape index (κ2) is 8.61. The molecule has 0 rings (SSSR count). The molecule has 0 radical (unpaired) electrons. The Morgan fingerprint density at radius 2 is 2.14 bits per heavy atom. The number of allylic oxidation sites excluding steroid dienone is 5. The first-order valence-corrected chi connectivity index (χ1v) is 5.45. The number of nitrogens with two attached hydrogens (primary N) is 1. The zero-order valence-electron chi connectivity index (χ0n) is 9.66. The van der Waals surface area contributed by atoms with Crippen molar-refractivity contribution in [2.75, 3.05) is 0 Å². The zero-order chi connectivity index (χ0) is 10.8. The molecular formula is C13H23N. The fourth-order valence-electron chi connectivity index (χ4n) is 1.11. The maximum atomic E-state index is 5.68. The Morgan fingerprint density at radius 1 is 1.43 bits per heavy atom. The van der Waals surface area contributed by atoms with E-state index in [1.807, 2.05) is 31.2 Å². The molecular weight excluding hydrogens is 170 g/mol. The highest BCUT2D eigenvalue weighted by Crippen LogP contribution is 2.09. The Kier molecular flexibility index (Phi) is 8.01. The lowest BCUT2D eigenvalue weighted by molar-refractivity contribution is 0.522. The molecule has 2 N–H and O–H groups in total. The van der Waals surface area contributed by atoms with Gasteiger partial charge in [-0.1, -0.05) is 38.5 Å². The van der Waals surface area contributed by atoms with Crippen LogP contribution in [0.25, 0.3) is 0 Å². The van der Waals surface area contributed by atoms with Crippen molar-refractivity contribution in [1.82, 2.24) is 0 Å². The summed E-state index contributed by atoms with van der Waals surface area (Å²) in [5.41, 5.74) is 6.49. The number of hydrogen-bond donors (Lipinski definition) is 1. The molecule has 0 aliphatic rings. The summed E-state index contributed by atoms with van der Waals surface area (Å²) < 4.78 is 0. The Morgan fingerprint density at radius 3 is 2.71 bits per heavy atom. The molecule has 1 heteroatoms. The van der Waals surface area contributed by atoms with Crippen molar-refractivity contribution in [2.24, 2.45) is 11.7 Å². The van der Waals surface area contributed by atoms with E-state index in [1.54, 1.807) is 0 Å². The Bertz CT molecular complexity index is 211. The highest BCUT2D eigenvalue weighted by atomic mass is 14.5. The molecule has 0 spiro atoms. The van der Waals surface area contributed by atoms with Gasteiger partial charge in [0.15, 0.2) is 0 Å². The lowest BCUT2D eigenvalue weighted by Gasteiger charge is -2.03. The van der Waals surface area contributed by atoms with Crippen molar-refractivity contribution in [2.45, 2.75) is 40.0 Å². The molecule has 1 unspecified atom stereocenters. The maximum Gasteiger partial charge on any atom is 0.0310 e. The maximum absolute atomic E-state index is 5.68. The van der Waals surface area contributed by atoms with Crippen molar-refractivity contribution in [3.05, 3.63) is 36.1 Å². The molecule has 0 aliphatic carbocycles. The molecule has 1 atom stereocenters. The molecule has 0 saturated heterocycles. The van der Waals surface area contributed by atoms with E-state index in [9.17, 15) is 0 Å². The zero-order valence-corrected chi connectivity index (χ0v) is 9.66. The van der Waals surface area contributed by atoms with E-state index in [0.29, 0.717) is 0 Å². The molecule has 0 amide bonds. The lowest BCUT2D eigenvalue weighted by Crippen LogP contribution is -1.91. The first-order chi connectivity index (χ1) is 6.70. The van der Waals surface area contributed by atoms with Crippen LogP contribution in [0.5, 0.6) is 0 Å². The molecule has 1 nitrogen and oxygen atoms in total. The smallest absolute Gasteiger partial charge is 0.0310 e. The predicted molar refractivity (Wildman–Crippen MR) is 64.9 cm³/mol. The van der Waals surface area contributed by atoms with Gasteiger partial charge in [-0.2, -0.15) is 0 Å². The fourth-order valence-corrected chi connectivity index (χ4v) is 1.11. The van der Waals surface area contributed by atoms with Gasteiger partial charge in [-0.05, 0) is 37.8 Å². The van der Waals surface area contributed by atoms with Crippen LogP contribution >= 0.6 is 0 Å². The van der Waals surface area contributed by atoms with Gasteiger partial charge in [0.25, 0.3) is 0 Å². The van der Waals surface area contributed by atoms with E-state index in [0.717, 1.165) is 18.0 Å². The number of rotatable bonds is 6. The topological polar surface area (TPSA) is 26.0 Å². The normalized spacial score (nSPS) is 15.5. The van der Waals surface area contributed by atoms with Crippen LogP contribution in [0, 0.1) is 5.92 Å². The lowest BCUT2D eigenvalue weighted by atomic mass is 10.0. The highest BCUT2D eigenvalue weighted by Gasteiger charge is 1.94. The van der Waals surface area contributed by atoms with Crippen molar-refractivity contribution < 1.29 is 0 Å².